The molecule has 1 fully saturated rings. The summed E-state index contributed by atoms with van der Waals surface area (Å²) in [5.41, 5.74) is 1.04. The van der Waals surface area contributed by atoms with Crippen LogP contribution < -0.4 is 10.6 Å². The molecule has 2 aromatic rings. The molecule has 1 aromatic carbocycles. The Balaban J connectivity index is 1.65. The van der Waals surface area contributed by atoms with Crippen molar-refractivity contribution >= 4 is 28.1 Å². The summed E-state index contributed by atoms with van der Waals surface area (Å²) in [6.45, 7) is 0. The van der Waals surface area contributed by atoms with E-state index in [1.807, 2.05) is 0 Å². The summed E-state index contributed by atoms with van der Waals surface area (Å²) >= 11 is 1.44. The van der Waals surface area contributed by atoms with Crippen LogP contribution in [0.3, 0.4) is 0 Å². The van der Waals surface area contributed by atoms with Gasteiger partial charge >= 0.3 is 0 Å². The van der Waals surface area contributed by atoms with Crippen LogP contribution in [0.25, 0.3) is 0 Å². The van der Waals surface area contributed by atoms with Crippen molar-refractivity contribution in [3.05, 3.63) is 35.3 Å². The number of amides is 1. The van der Waals surface area contributed by atoms with Gasteiger partial charge in [0.05, 0.1) is 0 Å². The number of carbonyl (C=O) groups excluding carboxylic acids is 1. The summed E-state index contributed by atoms with van der Waals surface area (Å²) < 4.78 is 0. The first-order valence-corrected chi connectivity index (χ1v) is 6.91. The molecule has 0 radical (unpaired) electrons. The highest BCUT2D eigenvalue weighted by Crippen LogP contribution is 2.26. The maximum Gasteiger partial charge on any atom is 0.275 e. The average Bonchev–Trinajstić information content (AvgIpc) is 3.08. The third kappa shape index (κ3) is 3.03. The van der Waals surface area contributed by atoms with Crippen LogP contribution in [0.2, 0.25) is 0 Å². The summed E-state index contributed by atoms with van der Waals surface area (Å²) in [4.78, 5) is 16.2. The molecule has 1 aliphatic rings. The molecule has 0 bridgehead atoms. The van der Waals surface area contributed by atoms with Gasteiger partial charge in [-0.25, -0.2) is 4.98 Å². The molecule has 0 unspecified atom stereocenters. The smallest absolute Gasteiger partial charge is 0.275 e. The zero-order chi connectivity index (χ0) is 13.2. The van der Waals surface area contributed by atoms with E-state index in [0.29, 0.717) is 17.4 Å². The standard InChI is InChI=1S/C13H13N3O2S/c17-10-5-3-8(4-6-10)14-12(18)11-7-19-13(16-11)15-9-1-2-9/h3-7,9,17H,1-2H2,(H,14,18)(H,15,16). The van der Waals surface area contributed by atoms with Gasteiger partial charge in [-0.1, -0.05) is 0 Å². The summed E-state index contributed by atoms with van der Waals surface area (Å²) in [5, 5.41) is 17.7. The molecule has 1 aromatic heterocycles. The number of phenols is 1. The SMILES string of the molecule is O=C(Nc1ccc(O)cc1)c1csc(NC2CC2)n1. The molecule has 19 heavy (non-hydrogen) atoms. The Labute approximate surface area is 114 Å². The molecule has 1 heterocycles. The number of hydrogen-bond acceptors (Lipinski definition) is 5. The summed E-state index contributed by atoms with van der Waals surface area (Å²) in [6.07, 6.45) is 2.35. The van der Waals surface area contributed by atoms with E-state index in [0.717, 1.165) is 5.13 Å². The van der Waals surface area contributed by atoms with Crippen molar-refractivity contribution in [3.63, 3.8) is 0 Å². The van der Waals surface area contributed by atoms with E-state index in [1.54, 1.807) is 17.5 Å². The van der Waals surface area contributed by atoms with Gasteiger partial charge in [-0.3, -0.25) is 4.79 Å². The Morgan fingerprint density at radius 1 is 1.32 bits per heavy atom. The van der Waals surface area contributed by atoms with Crippen molar-refractivity contribution in [3.8, 4) is 5.75 Å². The molecule has 5 nitrogen and oxygen atoms in total. The molecule has 0 saturated heterocycles. The van der Waals surface area contributed by atoms with Crippen LogP contribution in [-0.4, -0.2) is 22.0 Å². The van der Waals surface area contributed by atoms with E-state index in [-0.39, 0.29) is 11.7 Å². The van der Waals surface area contributed by atoms with Gasteiger partial charge in [0.2, 0.25) is 0 Å². The Morgan fingerprint density at radius 2 is 2.05 bits per heavy atom. The lowest BCUT2D eigenvalue weighted by molar-refractivity contribution is 0.102. The zero-order valence-corrected chi connectivity index (χ0v) is 10.9. The maximum absolute atomic E-state index is 12.0. The van der Waals surface area contributed by atoms with E-state index in [1.165, 1.54) is 36.3 Å². The van der Waals surface area contributed by atoms with Crippen molar-refractivity contribution in [2.45, 2.75) is 18.9 Å². The molecule has 3 N–H and O–H groups in total. The van der Waals surface area contributed by atoms with Crippen LogP contribution in [0.5, 0.6) is 5.75 Å². The lowest BCUT2D eigenvalue weighted by atomic mass is 10.3. The molecule has 1 saturated carbocycles. The number of nitrogens with one attached hydrogen (secondary N) is 2. The third-order valence-corrected chi connectivity index (χ3v) is 3.54. The van der Waals surface area contributed by atoms with E-state index < -0.39 is 0 Å². The van der Waals surface area contributed by atoms with Gasteiger partial charge in [0.15, 0.2) is 5.13 Å². The Bertz CT molecular complexity index is 590. The second-order valence-electron chi connectivity index (χ2n) is 4.46. The normalized spacial score (nSPS) is 14.1. The minimum Gasteiger partial charge on any atom is -0.508 e. The van der Waals surface area contributed by atoms with Crippen LogP contribution in [0.15, 0.2) is 29.6 Å². The first-order chi connectivity index (χ1) is 9.20. The summed E-state index contributed by atoms with van der Waals surface area (Å²) in [7, 11) is 0. The number of rotatable bonds is 4. The molecular weight excluding hydrogens is 262 g/mol. The van der Waals surface area contributed by atoms with Gasteiger partial charge in [0.25, 0.3) is 5.91 Å². The molecule has 6 heteroatoms. The van der Waals surface area contributed by atoms with Gasteiger partial charge in [0.1, 0.15) is 11.4 Å². The number of thiazole rings is 1. The van der Waals surface area contributed by atoms with Gasteiger partial charge in [-0.2, -0.15) is 0 Å². The maximum atomic E-state index is 12.0. The largest absolute Gasteiger partial charge is 0.508 e. The lowest BCUT2D eigenvalue weighted by Gasteiger charge is -2.02. The number of hydrogen-bond donors (Lipinski definition) is 3. The second kappa shape index (κ2) is 4.89. The van der Waals surface area contributed by atoms with E-state index in [4.69, 9.17) is 5.11 Å². The Morgan fingerprint density at radius 3 is 2.74 bits per heavy atom. The van der Waals surface area contributed by atoms with Crippen LogP contribution in [0.1, 0.15) is 23.3 Å². The van der Waals surface area contributed by atoms with Crippen LogP contribution >= 0.6 is 11.3 Å². The van der Waals surface area contributed by atoms with E-state index in [2.05, 4.69) is 15.6 Å². The molecule has 98 valence electrons. The van der Waals surface area contributed by atoms with Gasteiger partial charge in [-0.15, -0.1) is 11.3 Å². The minimum atomic E-state index is -0.245. The zero-order valence-electron chi connectivity index (χ0n) is 10.1. The fourth-order valence-electron chi connectivity index (χ4n) is 1.59. The van der Waals surface area contributed by atoms with Gasteiger partial charge < -0.3 is 15.7 Å². The number of aromatic hydroxyl groups is 1. The Hall–Kier alpha value is -2.08. The first kappa shape index (κ1) is 12.0. The number of benzene rings is 1. The number of anilines is 2. The summed E-state index contributed by atoms with van der Waals surface area (Å²) in [6, 6.07) is 6.86. The molecule has 1 amide bonds. The van der Waals surface area contributed by atoms with Crippen molar-refractivity contribution < 1.29 is 9.90 Å². The highest BCUT2D eigenvalue weighted by molar-refractivity contribution is 7.13. The van der Waals surface area contributed by atoms with Crippen LogP contribution in [0.4, 0.5) is 10.8 Å². The molecular formula is C13H13N3O2S. The third-order valence-electron chi connectivity index (χ3n) is 2.77. The number of nitrogens with zero attached hydrogens (tertiary/aromatic N) is 1. The number of aromatic nitrogens is 1. The molecule has 1 aliphatic carbocycles. The lowest BCUT2D eigenvalue weighted by Crippen LogP contribution is -2.12. The second-order valence-corrected chi connectivity index (χ2v) is 5.32. The molecule has 3 rings (SSSR count). The highest BCUT2D eigenvalue weighted by Gasteiger charge is 2.22. The number of carbonyl (C=O) groups is 1. The topological polar surface area (TPSA) is 74.2 Å². The van der Waals surface area contributed by atoms with Gasteiger partial charge in [-0.05, 0) is 37.1 Å². The van der Waals surface area contributed by atoms with Gasteiger partial charge in [0, 0.05) is 17.1 Å². The Kier molecular flexibility index (Phi) is 3.08. The number of phenolic OH excluding ortho intramolecular Hbond substituents is 1. The fraction of sp³-hybridized carbons (Fsp3) is 0.231. The first-order valence-electron chi connectivity index (χ1n) is 6.03. The van der Waals surface area contributed by atoms with Crippen molar-refractivity contribution in [1.29, 1.82) is 0 Å². The molecule has 0 spiro atoms. The quantitative estimate of drug-likeness (QED) is 0.750. The van der Waals surface area contributed by atoms with Crippen LogP contribution in [0, 0.1) is 0 Å². The van der Waals surface area contributed by atoms with E-state index in [9.17, 15) is 4.79 Å². The fourth-order valence-corrected chi connectivity index (χ4v) is 2.36. The van der Waals surface area contributed by atoms with Crippen molar-refractivity contribution in [2.24, 2.45) is 0 Å². The average molecular weight is 275 g/mol. The van der Waals surface area contributed by atoms with Crippen molar-refractivity contribution in [1.82, 2.24) is 4.98 Å². The predicted octanol–water partition coefficient (Wildman–Crippen LogP) is 2.68. The highest BCUT2D eigenvalue weighted by atomic mass is 32.1. The molecule has 0 aliphatic heterocycles. The molecule has 0 atom stereocenters. The monoisotopic (exact) mass is 275 g/mol. The van der Waals surface area contributed by atoms with Crippen molar-refractivity contribution in [2.75, 3.05) is 10.6 Å². The predicted molar refractivity (Wildman–Crippen MR) is 74.8 cm³/mol. The summed E-state index contributed by atoms with van der Waals surface area (Å²) in [5.74, 6) is -0.0756. The van der Waals surface area contributed by atoms with E-state index >= 15 is 0 Å². The van der Waals surface area contributed by atoms with Crippen LogP contribution in [-0.2, 0) is 0 Å². The minimum absolute atomic E-state index is 0.169.